The summed E-state index contributed by atoms with van der Waals surface area (Å²) in [4.78, 5) is 13.2. The summed E-state index contributed by atoms with van der Waals surface area (Å²) in [6, 6.07) is 16.3. The molecule has 140 valence electrons. The maximum Gasteiger partial charge on any atom is 0.228 e. The van der Waals surface area contributed by atoms with Crippen LogP contribution in [0.25, 0.3) is 0 Å². The Labute approximate surface area is 156 Å². The van der Waals surface area contributed by atoms with Gasteiger partial charge in [0.25, 0.3) is 0 Å². The molecule has 0 aliphatic carbocycles. The van der Waals surface area contributed by atoms with Crippen molar-refractivity contribution in [3.05, 3.63) is 65.7 Å². The van der Waals surface area contributed by atoms with Crippen LogP contribution >= 0.6 is 0 Å². The number of benzene rings is 2. The fourth-order valence-corrected chi connectivity index (χ4v) is 3.66. The SMILES string of the molecule is CC[C@H](C)[C@H](C(=O)N[C@H](C)c1ccc(S(C)(=O)=O)cc1)c1ccccc1. The smallest absolute Gasteiger partial charge is 0.228 e. The average Bonchev–Trinajstić information content (AvgIpc) is 2.62. The zero-order valence-corrected chi connectivity index (χ0v) is 16.6. The Morgan fingerprint density at radius 3 is 2.04 bits per heavy atom. The Kier molecular flexibility index (Phi) is 6.59. The zero-order chi connectivity index (χ0) is 19.3. The Hall–Kier alpha value is -2.14. The number of carbonyl (C=O) groups excluding carboxylic acids is 1. The Bertz CT molecular complexity index is 829. The van der Waals surface area contributed by atoms with Crippen LogP contribution in [-0.4, -0.2) is 20.6 Å². The molecule has 0 fully saturated rings. The monoisotopic (exact) mass is 373 g/mol. The highest BCUT2D eigenvalue weighted by atomic mass is 32.2. The summed E-state index contributed by atoms with van der Waals surface area (Å²) in [5.74, 6) is 0.00129. The minimum absolute atomic E-state index is 0.00904. The van der Waals surface area contributed by atoms with Gasteiger partial charge in [0.05, 0.1) is 16.9 Å². The Balaban J connectivity index is 2.18. The molecule has 1 N–H and O–H groups in total. The Morgan fingerprint density at radius 2 is 1.54 bits per heavy atom. The molecule has 0 heterocycles. The normalized spacial score (nSPS) is 15.1. The highest BCUT2D eigenvalue weighted by Crippen LogP contribution is 2.28. The van der Waals surface area contributed by atoms with Crippen molar-refractivity contribution in [3.8, 4) is 0 Å². The van der Waals surface area contributed by atoms with Crippen molar-refractivity contribution < 1.29 is 13.2 Å². The molecule has 4 nitrogen and oxygen atoms in total. The number of rotatable bonds is 7. The van der Waals surface area contributed by atoms with Crippen LogP contribution in [0.4, 0.5) is 0 Å². The van der Waals surface area contributed by atoms with E-state index >= 15 is 0 Å². The quantitative estimate of drug-likeness (QED) is 0.795. The van der Waals surface area contributed by atoms with Crippen molar-refractivity contribution >= 4 is 15.7 Å². The summed E-state index contributed by atoms with van der Waals surface area (Å²) in [7, 11) is -3.22. The predicted molar refractivity (Wildman–Crippen MR) is 105 cm³/mol. The first-order valence-corrected chi connectivity index (χ1v) is 10.8. The van der Waals surface area contributed by atoms with Crippen LogP contribution in [0.5, 0.6) is 0 Å². The average molecular weight is 374 g/mol. The van der Waals surface area contributed by atoms with E-state index in [9.17, 15) is 13.2 Å². The molecule has 2 aromatic carbocycles. The van der Waals surface area contributed by atoms with Crippen LogP contribution in [0.1, 0.15) is 50.3 Å². The van der Waals surface area contributed by atoms with Crippen molar-refractivity contribution in [1.29, 1.82) is 0 Å². The maximum absolute atomic E-state index is 12.9. The van der Waals surface area contributed by atoms with Gasteiger partial charge < -0.3 is 5.32 Å². The van der Waals surface area contributed by atoms with E-state index in [0.717, 1.165) is 17.5 Å². The zero-order valence-electron chi connectivity index (χ0n) is 15.8. The van der Waals surface area contributed by atoms with E-state index in [1.165, 1.54) is 6.26 Å². The largest absolute Gasteiger partial charge is 0.349 e. The van der Waals surface area contributed by atoms with Gasteiger partial charge in [-0.15, -0.1) is 0 Å². The van der Waals surface area contributed by atoms with E-state index < -0.39 is 9.84 Å². The number of nitrogens with one attached hydrogen (secondary N) is 1. The van der Waals surface area contributed by atoms with E-state index in [0.29, 0.717) is 0 Å². The molecule has 0 aromatic heterocycles. The minimum Gasteiger partial charge on any atom is -0.349 e. The number of carbonyl (C=O) groups is 1. The van der Waals surface area contributed by atoms with Gasteiger partial charge in [-0.2, -0.15) is 0 Å². The lowest BCUT2D eigenvalue weighted by Crippen LogP contribution is -2.34. The fraction of sp³-hybridized carbons (Fsp3) is 0.381. The molecule has 0 spiro atoms. The second kappa shape index (κ2) is 8.49. The van der Waals surface area contributed by atoms with Gasteiger partial charge in [0.1, 0.15) is 0 Å². The molecule has 0 bridgehead atoms. The lowest BCUT2D eigenvalue weighted by molar-refractivity contribution is -0.124. The van der Waals surface area contributed by atoms with E-state index in [1.807, 2.05) is 37.3 Å². The molecule has 0 aliphatic heterocycles. The van der Waals surface area contributed by atoms with Crippen molar-refractivity contribution in [2.75, 3.05) is 6.26 Å². The van der Waals surface area contributed by atoms with Crippen molar-refractivity contribution in [2.45, 2.75) is 44.0 Å². The third-order valence-corrected chi connectivity index (χ3v) is 5.95. The lowest BCUT2D eigenvalue weighted by Gasteiger charge is -2.25. The summed E-state index contributed by atoms with van der Waals surface area (Å²) in [5, 5.41) is 3.08. The lowest BCUT2D eigenvalue weighted by atomic mass is 9.84. The van der Waals surface area contributed by atoms with Crippen LogP contribution in [0.2, 0.25) is 0 Å². The molecule has 3 atom stereocenters. The van der Waals surface area contributed by atoms with Crippen LogP contribution in [0, 0.1) is 5.92 Å². The third kappa shape index (κ3) is 4.94. The van der Waals surface area contributed by atoms with Crippen molar-refractivity contribution in [3.63, 3.8) is 0 Å². The number of hydrogen-bond donors (Lipinski definition) is 1. The van der Waals surface area contributed by atoms with Crippen LogP contribution in [0.3, 0.4) is 0 Å². The first kappa shape index (κ1) is 20.2. The maximum atomic E-state index is 12.9. The van der Waals surface area contributed by atoms with Crippen LogP contribution in [0.15, 0.2) is 59.5 Å². The van der Waals surface area contributed by atoms with Crippen molar-refractivity contribution in [2.24, 2.45) is 5.92 Å². The molecule has 2 aromatic rings. The van der Waals surface area contributed by atoms with E-state index in [1.54, 1.807) is 24.3 Å². The highest BCUT2D eigenvalue weighted by Gasteiger charge is 2.27. The third-order valence-electron chi connectivity index (χ3n) is 4.82. The summed E-state index contributed by atoms with van der Waals surface area (Å²) >= 11 is 0. The summed E-state index contributed by atoms with van der Waals surface area (Å²) < 4.78 is 23.2. The molecule has 5 heteroatoms. The molecule has 0 radical (unpaired) electrons. The summed E-state index contributed by atoms with van der Waals surface area (Å²) in [6.07, 6.45) is 2.09. The molecule has 2 rings (SSSR count). The minimum atomic E-state index is -3.22. The second-order valence-electron chi connectivity index (χ2n) is 6.85. The molecule has 1 amide bonds. The van der Waals surface area contributed by atoms with Crippen molar-refractivity contribution in [1.82, 2.24) is 5.32 Å². The molecular weight excluding hydrogens is 346 g/mol. The van der Waals surface area contributed by atoms with Crippen LogP contribution < -0.4 is 5.32 Å². The first-order valence-electron chi connectivity index (χ1n) is 8.89. The molecular formula is C21H27NO3S. The fourth-order valence-electron chi connectivity index (χ4n) is 3.02. The molecule has 0 unspecified atom stereocenters. The highest BCUT2D eigenvalue weighted by molar-refractivity contribution is 7.90. The van der Waals surface area contributed by atoms with Gasteiger partial charge in [0.15, 0.2) is 9.84 Å². The van der Waals surface area contributed by atoms with Crippen LogP contribution in [-0.2, 0) is 14.6 Å². The van der Waals surface area contributed by atoms with E-state index in [-0.39, 0.29) is 28.7 Å². The van der Waals surface area contributed by atoms with Gasteiger partial charge in [-0.05, 0) is 36.1 Å². The molecule has 26 heavy (non-hydrogen) atoms. The van der Waals surface area contributed by atoms with Gasteiger partial charge in [-0.25, -0.2) is 8.42 Å². The topological polar surface area (TPSA) is 63.2 Å². The molecule has 0 saturated heterocycles. The summed E-state index contributed by atoms with van der Waals surface area (Å²) in [5.41, 5.74) is 1.89. The second-order valence-corrected chi connectivity index (χ2v) is 8.86. The number of amides is 1. The molecule has 0 saturated carbocycles. The van der Waals surface area contributed by atoms with Gasteiger partial charge in [0.2, 0.25) is 5.91 Å². The first-order chi connectivity index (χ1) is 12.2. The van der Waals surface area contributed by atoms with Gasteiger partial charge in [0, 0.05) is 6.26 Å². The number of hydrogen-bond acceptors (Lipinski definition) is 3. The molecule has 0 aliphatic rings. The van der Waals surface area contributed by atoms with Gasteiger partial charge in [-0.3, -0.25) is 4.79 Å². The van der Waals surface area contributed by atoms with Gasteiger partial charge in [-0.1, -0.05) is 62.7 Å². The standard InChI is InChI=1S/C21H27NO3S/c1-5-15(2)20(18-9-7-6-8-10-18)21(23)22-16(3)17-11-13-19(14-12-17)26(4,24)25/h6-16,20H,5H2,1-4H3,(H,22,23)/t15-,16+,20-/m0/s1. The number of sulfone groups is 1. The Morgan fingerprint density at radius 1 is 0.962 bits per heavy atom. The van der Waals surface area contributed by atoms with Gasteiger partial charge >= 0.3 is 0 Å². The van der Waals surface area contributed by atoms with E-state index in [2.05, 4.69) is 19.2 Å². The predicted octanol–water partition coefficient (Wildman–Crippen LogP) is 4.10. The summed E-state index contributed by atoms with van der Waals surface area (Å²) in [6.45, 7) is 6.08. The van der Waals surface area contributed by atoms with E-state index in [4.69, 9.17) is 0 Å².